The van der Waals surface area contributed by atoms with Gasteiger partial charge >= 0.3 is 70.6 Å². The fourth-order valence-corrected chi connectivity index (χ4v) is 0. The van der Waals surface area contributed by atoms with Gasteiger partial charge in [-0.05, 0) is 0 Å². The van der Waals surface area contributed by atoms with Crippen molar-refractivity contribution in [2.45, 2.75) is 37.1 Å². The van der Waals surface area contributed by atoms with Crippen LogP contribution < -0.4 is 65.0 Å². The maximum Gasteiger partial charge on any atom is 3.00 e. The van der Waals surface area contributed by atoms with Gasteiger partial charge in [-0.25, -0.2) is 0 Å². The van der Waals surface area contributed by atoms with Crippen LogP contribution in [0.5, 0.6) is 0 Å². The zero-order valence-corrected chi connectivity index (χ0v) is 28.2. The van der Waals surface area contributed by atoms with Gasteiger partial charge in [-0.1, -0.05) is 0 Å². The summed E-state index contributed by atoms with van der Waals surface area (Å²) >= 11 is 0. The Labute approximate surface area is 318 Å². The average Bonchev–Trinajstić information content (AvgIpc) is 2.96. The van der Waals surface area contributed by atoms with Gasteiger partial charge in [0.15, 0.2) is 0 Å². The van der Waals surface area contributed by atoms with Crippen LogP contribution in [0.1, 0.15) is 0 Å². The minimum atomic E-state index is -5.19. The third-order valence-electron chi connectivity index (χ3n) is 1.89. The van der Waals surface area contributed by atoms with Gasteiger partial charge in [0.1, 0.15) is 35.8 Å². The van der Waals surface area contributed by atoms with Crippen molar-refractivity contribution < 1.29 is 172 Å². The Morgan fingerprint density at radius 3 is 0.304 bits per heavy atom. The summed E-state index contributed by atoms with van der Waals surface area (Å²) in [6, 6.07) is 0. The first-order valence-corrected chi connectivity index (χ1v) is 11.3. The second-order valence-electron chi connectivity index (χ2n) is 6.44. The smallest absolute Gasteiger partial charge is 0.542 e. The number of rotatable bonds is 3. The third kappa shape index (κ3) is 98.1. The van der Waals surface area contributed by atoms with Crippen molar-refractivity contribution in [1.29, 1.82) is 0 Å². The van der Waals surface area contributed by atoms with Crippen molar-refractivity contribution >= 4 is 35.8 Å². The third-order valence-corrected chi connectivity index (χ3v) is 1.89. The molecule has 56 heavy (non-hydrogen) atoms. The van der Waals surface area contributed by atoms with E-state index < -0.39 is 72.9 Å². The van der Waals surface area contributed by atoms with E-state index in [1.807, 2.05) is 0 Å². The molecule has 38 heteroatoms. The van der Waals surface area contributed by atoms with E-state index in [-0.39, 0.29) is 33.6 Å². The molecule has 0 fully saturated rings. The fraction of sp³-hybridized carbons (Fsp3) is 0.667. The van der Waals surface area contributed by atoms with Crippen LogP contribution in [0.25, 0.3) is 0 Å². The maximum atomic E-state index is 10.5. The number of carboxylic acid groups (broad SMARTS) is 6. The maximum absolute atomic E-state index is 10.5. The Morgan fingerprint density at radius 1 is 0.268 bits per heavy atom. The van der Waals surface area contributed by atoms with Crippen LogP contribution in [-0.4, -0.2) is 112 Å². The zero-order valence-electron chi connectivity index (χ0n) is 26.1. The van der Waals surface area contributed by atoms with E-state index >= 15 is 0 Å². The minimum absolute atomic E-state index is 0. The van der Waals surface area contributed by atoms with Crippen LogP contribution in [0.4, 0.5) is 79.0 Å². The van der Waals surface area contributed by atoms with E-state index in [0.717, 1.165) is 0 Å². The number of nitrogens with two attached hydrogens (primary N) is 6. The van der Waals surface area contributed by atoms with E-state index in [0.29, 0.717) is 39.3 Å². The van der Waals surface area contributed by atoms with Gasteiger partial charge in [0.25, 0.3) is 0 Å². The summed E-state index contributed by atoms with van der Waals surface area (Å²) in [5, 5.41) is 52.7. The molecule has 0 bridgehead atoms. The molecule has 0 aromatic heterocycles. The van der Waals surface area contributed by atoms with E-state index in [4.69, 9.17) is 93.8 Å². The molecular formula is C18H24Co2F18N6O12. The van der Waals surface area contributed by atoms with Crippen LogP contribution in [-0.2, 0) is 62.3 Å². The monoisotopic (exact) mass is 976 g/mol. The quantitative estimate of drug-likeness (QED) is 0.143. The van der Waals surface area contributed by atoms with Crippen molar-refractivity contribution in [2.75, 3.05) is 39.3 Å². The van der Waals surface area contributed by atoms with Crippen molar-refractivity contribution in [3.8, 4) is 0 Å². The fourth-order valence-electron chi connectivity index (χ4n) is 0. The van der Waals surface area contributed by atoms with Gasteiger partial charge in [0.05, 0.1) is 0 Å². The molecule has 12 N–H and O–H groups in total. The molecule has 0 amide bonds. The molecule has 0 aromatic rings. The largest absolute Gasteiger partial charge is 3.00 e. The number of halogens is 18. The predicted octanol–water partition coefficient (Wildman–Crippen LogP) is -7.50. The molecule has 0 rings (SSSR count). The van der Waals surface area contributed by atoms with Crippen molar-refractivity contribution in [2.24, 2.45) is 34.4 Å². The van der Waals surface area contributed by atoms with Crippen molar-refractivity contribution in [3.63, 3.8) is 0 Å². The average molecular weight is 976 g/mol. The summed E-state index contributed by atoms with van der Waals surface area (Å²) in [5.41, 5.74) is 29.4. The molecule has 0 radical (unpaired) electrons. The summed E-state index contributed by atoms with van der Waals surface area (Å²) in [6.45, 7) is 3.58. The van der Waals surface area contributed by atoms with Crippen LogP contribution in [0.2, 0.25) is 0 Å². The summed E-state index contributed by atoms with van der Waals surface area (Å²) in [4.78, 5) is 52.7. The first-order chi connectivity index (χ1) is 23.4. The van der Waals surface area contributed by atoms with Crippen LogP contribution in [0.15, 0.2) is 0 Å². The molecule has 0 aromatic carbocycles. The number of hydrogen-bond donors (Lipinski definition) is 6. The number of aliphatic carboxylic acids is 6. The summed E-state index contributed by atoms with van der Waals surface area (Å²) in [6.07, 6.45) is -31.2. The van der Waals surface area contributed by atoms with E-state index in [2.05, 4.69) is 0 Å². The molecule has 0 heterocycles. The Kier molecular flexibility index (Phi) is 59.1. The minimum Gasteiger partial charge on any atom is -0.542 e. The molecule has 0 atom stereocenters. The SMILES string of the molecule is NCCN.NCCN.NCCN.O=C([O-])C(F)(F)F.O=C([O-])C(F)(F)F.O=C([O-])C(F)(F)F.O=C([O-])C(F)(F)F.O=C([O-])C(F)(F)F.O=C([O-])C(F)(F)F.[Co+3].[Co+3]. The van der Waals surface area contributed by atoms with Crippen LogP contribution in [0.3, 0.4) is 0 Å². The van der Waals surface area contributed by atoms with E-state index in [1.165, 1.54) is 0 Å². The molecule has 0 aliphatic heterocycles. The molecule has 0 aliphatic rings. The summed E-state index contributed by atoms with van der Waals surface area (Å²) in [7, 11) is 0. The number of carbonyl (C=O) groups is 6. The van der Waals surface area contributed by atoms with Gasteiger partial charge in [0, 0.05) is 39.3 Å². The van der Waals surface area contributed by atoms with Crippen LogP contribution in [0, 0.1) is 0 Å². The number of carbonyl (C=O) groups excluding carboxylic acids is 6. The summed E-state index contributed by atoms with van der Waals surface area (Å²) < 4.78 is 189. The molecule has 0 aliphatic carbocycles. The molecule has 18 nitrogen and oxygen atoms in total. The Hall–Kier alpha value is -3.67. The summed E-state index contributed by atoms with van der Waals surface area (Å²) in [5.74, 6) is -18.0. The van der Waals surface area contributed by atoms with Gasteiger partial charge in [-0.3, -0.25) is 0 Å². The Balaban J connectivity index is -0.0000000454. The van der Waals surface area contributed by atoms with Gasteiger partial charge in [-0.15, -0.1) is 0 Å². The molecule has 0 saturated carbocycles. The first-order valence-electron chi connectivity index (χ1n) is 11.3. The molecule has 0 saturated heterocycles. The topological polar surface area (TPSA) is 397 Å². The molecule has 342 valence electrons. The van der Waals surface area contributed by atoms with Crippen LogP contribution >= 0.6 is 0 Å². The van der Waals surface area contributed by atoms with Crippen molar-refractivity contribution in [3.05, 3.63) is 0 Å². The standard InChI is InChI=1S/6C2HF3O2.3C2H8N2.2Co/c6*3-2(4,5)1(6)7;3*3-1-2-4;;/h6*(H,6,7);3*1-4H2;;/q;;;;;;;;;2*+3/p-6. The predicted molar refractivity (Wildman–Crippen MR) is 121 cm³/mol. The second-order valence-corrected chi connectivity index (χ2v) is 6.44. The molecule has 0 unspecified atom stereocenters. The molecule has 0 spiro atoms. The van der Waals surface area contributed by atoms with Crippen molar-refractivity contribution in [1.82, 2.24) is 0 Å². The van der Waals surface area contributed by atoms with E-state index in [9.17, 15) is 79.0 Å². The zero-order chi connectivity index (χ0) is 46.7. The Morgan fingerprint density at radius 2 is 0.304 bits per heavy atom. The van der Waals surface area contributed by atoms with E-state index in [1.54, 1.807) is 0 Å². The van der Waals surface area contributed by atoms with Gasteiger partial charge < -0.3 is 93.8 Å². The normalized spacial score (nSPS) is 10.1. The molecular weight excluding hydrogens is 952 g/mol. The number of carboxylic acids is 6. The van der Waals surface area contributed by atoms with Gasteiger partial charge in [-0.2, -0.15) is 79.0 Å². The van der Waals surface area contributed by atoms with Gasteiger partial charge in [0.2, 0.25) is 0 Å². The second kappa shape index (κ2) is 41.0. The Bertz CT molecular complexity index is 812. The number of hydrogen-bond acceptors (Lipinski definition) is 18. The first kappa shape index (κ1) is 80.7. The number of alkyl halides is 18.